The first-order valence-corrected chi connectivity index (χ1v) is 11.6. The standard InChI is InChI=1S/C34H28N2/c1-34(2,3)23-19-20-33-29(21-23)28-15-6-9-18-32(28)36(33)25-12-10-11-24(22-25)35-30-16-7-4-13-26(30)27-14-5-8-17-31(27)35/h4-22H,1-3H3/i4D,5D,6D,7D,8D,9D,13D,14D,16D,17D,18D,20D. The molecule has 0 bridgehead atoms. The highest BCUT2D eigenvalue weighted by Gasteiger charge is 2.18. The van der Waals surface area contributed by atoms with Crippen LogP contribution in [0, 0.1) is 0 Å². The molecule has 2 heteroatoms. The van der Waals surface area contributed by atoms with Gasteiger partial charge < -0.3 is 9.13 Å². The van der Waals surface area contributed by atoms with Gasteiger partial charge in [-0.15, -0.1) is 0 Å². The number of nitrogens with zero attached hydrogens (tertiary/aromatic N) is 2. The molecule has 7 rings (SSSR count). The monoisotopic (exact) mass is 476 g/mol. The maximum atomic E-state index is 9.13. The molecule has 0 fully saturated rings. The minimum Gasteiger partial charge on any atom is -0.309 e. The highest BCUT2D eigenvalue weighted by Crippen LogP contribution is 2.37. The second kappa shape index (κ2) is 7.60. The van der Waals surface area contributed by atoms with Crippen LogP contribution < -0.4 is 0 Å². The Bertz CT molecular complexity index is 2500. The van der Waals surface area contributed by atoms with Gasteiger partial charge in [-0.3, -0.25) is 0 Å². The van der Waals surface area contributed by atoms with E-state index in [0.29, 0.717) is 33.2 Å². The van der Waals surface area contributed by atoms with E-state index >= 15 is 0 Å². The van der Waals surface area contributed by atoms with Gasteiger partial charge in [-0.05, 0) is 59.4 Å². The van der Waals surface area contributed by atoms with Gasteiger partial charge in [-0.1, -0.05) is 87.3 Å². The van der Waals surface area contributed by atoms with E-state index in [4.69, 9.17) is 16.4 Å². The predicted molar refractivity (Wildman–Crippen MR) is 154 cm³/mol. The molecule has 2 nitrogen and oxygen atoms in total. The summed E-state index contributed by atoms with van der Waals surface area (Å²) in [6, 6.07) is 7.72. The molecule has 2 heterocycles. The molecule has 2 aromatic heterocycles. The van der Waals surface area contributed by atoms with E-state index in [1.165, 1.54) is 10.6 Å². The lowest BCUT2D eigenvalue weighted by Crippen LogP contribution is -2.10. The molecule has 0 atom stereocenters. The van der Waals surface area contributed by atoms with E-state index in [-0.39, 0.29) is 51.4 Å². The van der Waals surface area contributed by atoms with Gasteiger partial charge >= 0.3 is 0 Å². The Morgan fingerprint density at radius 3 is 1.67 bits per heavy atom. The summed E-state index contributed by atoms with van der Waals surface area (Å²) in [6.07, 6.45) is 0. The number of fused-ring (bicyclic) bond motifs is 6. The molecule has 7 aromatic rings. The fourth-order valence-electron chi connectivity index (χ4n) is 4.85. The molecule has 0 aliphatic carbocycles. The van der Waals surface area contributed by atoms with Crippen LogP contribution in [0.25, 0.3) is 55.0 Å². The Labute approximate surface area is 227 Å². The van der Waals surface area contributed by atoms with Crippen molar-refractivity contribution >= 4 is 43.6 Å². The van der Waals surface area contributed by atoms with Crippen LogP contribution in [0.1, 0.15) is 42.8 Å². The normalized spacial score (nSPS) is 17.0. The molecule has 0 saturated carbocycles. The van der Waals surface area contributed by atoms with Gasteiger partial charge in [-0.2, -0.15) is 0 Å². The summed E-state index contributed by atoms with van der Waals surface area (Å²) < 4.78 is 107. The zero-order valence-electron chi connectivity index (χ0n) is 31.9. The van der Waals surface area contributed by atoms with Crippen LogP contribution >= 0.6 is 0 Å². The average Bonchev–Trinajstić information content (AvgIpc) is 3.57. The van der Waals surface area contributed by atoms with Crippen molar-refractivity contribution in [1.82, 2.24) is 9.13 Å². The number of hydrogen-bond donors (Lipinski definition) is 0. The molecule has 0 spiro atoms. The van der Waals surface area contributed by atoms with E-state index in [0.717, 1.165) is 5.56 Å². The number of aromatic nitrogens is 2. The quantitative estimate of drug-likeness (QED) is 0.235. The fourth-order valence-corrected chi connectivity index (χ4v) is 4.85. The van der Waals surface area contributed by atoms with Crippen LogP contribution in [0.2, 0.25) is 0 Å². The Hall–Kier alpha value is -4.30. The maximum absolute atomic E-state index is 9.13. The summed E-state index contributed by atoms with van der Waals surface area (Å²) in [5, 5.41) is 1.09. The third-order valence-electron chi connectivity index (χ3n) is 6.63. The Morgan fingerprint density at radius 1 is 0.528 bits per heavy atom. The third kappa shape index (κ3) is 3.04. The lowest BCUT2D eigenvalue weighted by atomic mass is 9.86. The summed E-state index contributed by atoms with van der Waals surface area (Å²) in [7, 11) is 0. The van der Waals surface area contributed by atoms with Crippen LogP contribution in [-0.4, -0.2) is 9.13 Å². The average molecular weight is 477 g/mol. The molecular formula is C34H28N2. The minimum atomic E-state index is -0.529. The van der Waals surface area contributed by atoms with Crippen molar-refractivity contribution in [3.8, 4) is 11.4 Å². The van der Waals surface area contributed by atoms with Gasteiger partial charge in [0.25, 0.3) is 0 Å². The SMILES string of the molecule is [2H]c1cc2c3cc(C(C)(C)C)cc([2H])c3n(-c3cccc(-n4c5c([2H])c([2H])c([2H])c([2H])c5c5c([2H])c([2H])c([2H])c([2H])c54)c3)c2c([2H])c1[2H]. The maximum Gasteiger partial charge on any atom is 0.0645 e. The van der Waals surface area contributed by atoms with Crippen molar-refractivity contribution in [3.63, 3.8) is 0 Å². The zero-order valence-corrected chi connectivity index (χ0v) is 19.9. The van der Waals surface area contributed by atoms with E-state index in [9.17, 15) is 0 Å². The van der Waals surface area contributed by atoms with E-state index in [1.54, 1.807) is 34.9 Å². The third-order valence-corrected chi connectivity index (χ3v) is 6.63. The van der Waals surface area contributed by atoms with Gasteiger partial charge in [0.1, 0.15) is 0 Å². The molecule has 5 aromatic carbocycles. The number of para-hydroxylation sites is 3. The van der Waals surface area contributed by atoms with Crippen molar-refractivity contribution in [1.29, 1.82) is 0 Å². The van der Waals surface area contributed by atoms with Crippen molar-refractivity contribution in [2.24, 2.45) is 0 Å². The van der Waals surface area contributed by atoms with Crippen LogP contribution in [0.15, 0.2) is 115 Å². The van der Waals surface area contributed by atoms with Crippen LogP contribution in [0.4, 0.5) is 0 Å². The second-order valence-corrected chi connectivity index (χ2v) is 9.84. The van der Waals surface area contributed by atoms with Crippen molar-refractivity contribution in [2.45, 2.75) is 26.2 Å². The summed E-state index contributed by atoms with van der Waals surface area (Å²) in [4.78, 5) is 0. The van der Waals surface area contributed by atoms with Gasteiger partial charge in [-0.25, -0.2) is 0 Å². The van der Waals surface area contributed by atoms with Crippen molar-refractivity contribution < 1.29 is 16.4 Å². The summed E-state index contributed by atoms with van der Waals surface area (Å²) in [5.41, 5.74) is 2.04. The molecule has 0 unspecified atom stereocenters. The first-order valence-electron chi connectivity index (χ1n) is 17.6. The molecule has 36 heavy (non-hydrogen) atoms. The smallest absolute Gasteiger partial charge is 0.0645 e. The Kier molecular flexibility index (Phi) is 2.55. The number of benzene rings is 5. The molecule has 0 N–H and O–H groups in total. The molecule has 0 amide bonds. The van der Waals surface area contributed by atoms with Crippen molar-refractivity contribution in [2.75, 3.05) is 0 Å². The summed E-state index contributed by atoms with van der Waals surface area (Å²) in [5.74, 6) is 0. The number of rotatable bonds is 2. The highest BCUT2D eigenvalue weighted by atomic mass is 15.0. The number of hydrogen-bond acceptors (Lipinski definition) is 0. The van der Waals surface area contributed by atoms with Gasteiger partial charge in [0.15, 0.2) is 0 Å². The first kappa shape index (κ1) is 12.1. The first-order chi connectivity index (χ1) is 22.5. The summed E-state index contributed by atoms with van der Waals surface area (Å²) >= 11 is 0. The van der Waals surface area contributed by atoms with E-state index in [1.807, 2.05) is 26.8 Å². The van der Waals surface area contributed by atoms with Gasteiger partial charge in [0.05, 0.1) is 38.5 Å². The topological polar surface area (TPSA) is 9.86 Å². The molecule has 0 radical (unpaired) electrons. The highest BCUT2D eigenvalue weighted by molar-refractivity contribution is 6.10. The van der Waals surface area contributed by atoms with Crippen LogP contribution in [-0.2, 0) is 5.41 Å². The Morgan fingerprint density at radius 2 is 1.06 bits per heavy atom. The fraction of sp³-hybridized carbons (Fsp3) is 0.118. The largest absolute Gasteiger partial charge is 0.309 e. The van der Waals surface area contributed by atoms with E-state index < -0.39 is 48.3 Å². The second-order valence-electron chi connectivity index (χ2n) is 9.84. The van der Waals surface area contributed by atoms with Crippen LogP contribution in [0.5, 0.6) is 0 Å². The summed E-state index contributed by atoms with van der Waals surface area (Å²) in [6.45, 7) is 6.08. The van der Waals surface area contributed by atoms with E-state index in [2.05, 4.69) is 0 Å². The lowest BCUT2D eigenvalue weighted by Gasteiger charge is -2.19. The van der Waals surface area contributed by atoms with Gasteiger partial charge in [0, 0.05) is 32.9 Å². The van der Waals surface area contributed by atoms with Gasteiger partial charge in [0.2, 0.25) is 0 Å². The minimum absolute atomic E-state index is 0.0214. The Balaban J connectivity index is 1.66. The predicted octanol–water partition coefficient (Wildman–Crippen LogP) is 9.18. The molecule has 0 saturated heterocycles. The zero-order chi connectivity index (χ0) is 34.9. The lowest BCUT2D eigenvalue weighted by molar-refractivity contribution is 0.591. The molecule has 0 aliphatic heterocycles. The molecular weight excluding hydrogens is 436 g/mol. The van der Waals surface area contributed by atoms with Crippen molar-refractivity contribution in [3.05, 3.63) is 121 Å². The molecule has 0 aliphatic rings. The molecule has 174 valence electrons. The van der Waals surface area contributed by atoms with Crippen LogP contribution in [0.3, 0.4) is 0 Å².